The van der Waals surface area contributed by atoms with E-state index in [9.17, 15) is 4.79 Å². The fraction of sp³-hybridized carbons (Fsp3) is 0.208. The van der Waals surface area contributed by atoms with Gasteiger partial charge in [0.25, 0.3) is 0 Å². The number of benzene rings is 3. The van der Waals surface area contributed by atoms with Gasteiger partial charge in [0.15, 0.2) is 18.7 Å². The molecule has 2 atom stereocenters. The second kappa shape index (κ2) is 8.11. The summed E-state index contributed by atoms with van der Waals surface area (Å²) in [5.41, 5.74) is 3.17. The smallest absolute Gasteiger partial charge is 0.198 e. The van der Waals surface area contributed by atoms with Crippen molar-refractivity contribution in [3.05, 3.63) is 94.0 Å². The number of carbonyl (C=O) groups excluding carboxylic acids is 1. The number of hydrogen-bond donors (Lipinski definition) is 0. The molecule has 5 rings (SSSR count). The van der Waals surface area contributed by atoms with E-state index >= 15 is 0 Å². The molecule has 1 saturated heterocycles. The standard InChI is InChI=1S/C24H19ClO5/c25-17-10-16-13-27-14-29-22(16)19(11-17)23-24(30-23)21(26)18-8-4-5-9-20(18)28-12-15-6-2-1-3-7-15/h1-11,23-24H,12-14H2/t23-,24+/m0/s1. The van der Waals surface area contributed by atoms with Crippen LogP contribution >= 0.6 is 11.6 Å². The Kier molecular flexibility index (Phi) is 5.17. The molecule has 1 fully saturated rings. The first-order chi connectivity index (χ1) is 14.7. The number of halogens is 1. The molecule has 0 saturated carbocycles. The summed E-state index contributed by atoms with van der Waals surface area (Å²) >= 11 is 6.25. The number of ketones is 1. The molecule has 3 aromatic carbocycles. The summed E-state index contributed by atoms with van der Waals surface area (Å²) in [7, 11) is 0. The molecule has 6 heteroatoms. The summed E-state index contributed by atoms with van der Waals surface area (Å²) in [4.78, 5) is 13.2. The number of Topliss-reactive ketones (excluding diaryl/α,β-unsaturated/α-hetero) is 1. The molecule has 152 valence electrons. The van der Waals surface area contributed by atoms with Gasteiger partial charge in [0.1, 0.15) is 24.2 Å². The Bertz CT molecular complexity index is 1080. The third-order valence-corrected chi connectivity index (χ3v) is 5.37. The van der Waals surface area contributed by atoms with E-state index in [2.05, 4.69) is 0 Å². The van der Waals surface area contributed by atoms with Crippen molar-refractivity contribution in [1.29, 1.82) is 0 Å². The Morgan fingerprint density at radius 1 is 1.07 bits per heavy atom. The number of epoxide rings is 1. The summed E-state index contributed by atoms with van der Waals surface area (Å²) in [6.07, 6.45) is -0.995. The molecular weight excluding hydrogens is 404 g/mol. The first-order valence-electron chi connectivity index (χ1n) is 9.69. The van der Waals surface area contributed by atoms with Gasteiger partial charge in [0.2, 0.25) is 0 Å². The van der Waals surface area contributed by atoms with Crippen molar-refractivity contribution in [1.82, 2.24) is 0 Å². The van der Waals surface area contributed by atoms with Crippen molar-refractivity contribution in [3.8, 4) is 11.5 Å². The van der Waals surface area contributed by atoms with Crippen LogP contribution in [0.2, 0.25) is 5.02 Å². The number of rotatable bonds is 6. The Balaban J connectivity index is 1.35. The fourth-order valence-corrected chi connectivity index (χ4v) is 3.90. The lowest BCUT2D eigenvalue weighted by molar-refractivity contribution is -0.0172. The minimum absolute atomic E-state index is 0.121. The van der Waals surface area contributed by atoms with Crippen LogP contribution in [0, 0.1) is 0 Å². The average Bonchev–Trinajstić information content (AvgIpc) is 3.58. The normalized spacial score (nSPS) is 19.5. The number of fused-ring (bicyclic) bond motifs is 1. The van der Waals surface area contributed by atoms with Gasteiger partial charge in [-0.25, -0.2) is 0 Å². The molecule has 0 aliphatic carbocycles. The Morgan fingerprint density at radius 3 is 2.73 bits per heavy atom. The number of ether oxygens (including phenoxy) is 4. The molecule has 0 aromatic heterocycles. The molecule has 2 aliphatic rings. The lowest BCUT2D eigenvalue weighted by Crippen LogP contribution is -2.14. The highest BCUT2D eigenvalue weighted by Crippen LogP contribution is 2.48. The molecule has 5 nitrogen and oxygen atoms in total. The van der Waals surface area contributed by atoms with Crippen LogP contribution in [0.1, 0.15) is 33.2 Å². The minimum Gasteiger partial charge on any atom is -0.488 e. The van der Waals surface area contributed by atoms with Crippen molar-refractivity contribution in [2.24, 2.45) is 0 Å². The molecule has 0 amide bonds. The van der Waals surface area contributed by atoms with Crippen molar-refractivity contribution in [2.75, 3.05) is 6.79 Å². The van der Waals surface area contributed by atoms with Crippen LogP contribution in [0.3, 0.4) is 0 Å². The zero-order chi connectivity index (χ0) is 20.5. The van der Waals surface area contributed by atoms with Crippen LogP contribution in [-0.4, -0.2) is 18.7 Å². The van der Waals surface area contributed by atoms with Crippen LogP contribution in [0.4, 0.5) is 0 Å². The summed E-state index contributed by atoms with van der Waals surface area (Å²) in [5.74, 6) is 1.11. The molecule has 0 radical (unpaired) electrons. The van der Waals surface area contributed by atoms with Gasteiger partial charge in [-0.05, 0) is 29.8 Å². The summed E-state index contributed by atoms with van der Waals surface area (Å²) in [6.45, 7) is 0.975. The maximum Gasteiger partial charge on any atom is 0.198 e. The molecule has 2 heterocycles. The fourth-order valence-electron chi connectivity index (χ4n) is 3.65. The van der Waals surface area contributed by atoms with Gasteiger partial charge < -0.3 is 18.9 Å². The van der Waals surface area contributed by atoms with Crippen molar-refractivity contribution < 1.29 is 23.7 Å². The predicted molar refractivity (Wildman–Crippen MR) is 111 cm³/mol. The average molecular weight is 423 g/mol. The van der Waals surface area contributed by atoms with Crippen LogP contribution in [0.5, 0.6) is 11.5 Å². The Labute approximate surface area is 179 Å². The first kappa shape index (κ1) is 19.1. The maximum absolute atomic E-state index is 13.2. The summed E-state index contributed by atoms with van der Waals surface area (Å²) in [6, 6.07) is 20.7. The Morgan fingerprint density at radius 2 is 1.87 bits per heavy atom. The van der Waals surface area contributed by atoms with Crippen LogP contribution in [0.25, 0.3) is 0 Å². The predicted octanol–water partition coefficient (Wildman–Crippen LogP) is 5.11. The zero-order valence-electron chi connectivity index (χ0n) is 16.0. The van der Waals surface area contributed by atoms with Crippen LogP contribution in [0.15, 0.2) is 66.7 Å². The molecule has 3 aromatic rings. The topological polar surface area (TPSA) is 57.3 Å². The second-order valence-electron chi connectivity index (χ2n) is 7.21. The molecule has 0 spiro atoms. The van der Waals surface area contributed by atoms with Crippen molar-refractivity contribution >= 4 is 17.4 Å². The van der Waals surface area contributed by atoms with E-state index in [1.807, 2.05) is 48.5 Å². The Hall–Kier alpha value is -2.86. The lowest BCUT2D eigenvalue weighted by Gasteiger charge is -2.20. The SMILES string of the molecule is O=C(c1ccccc1OCc1ccccc1)[C@H]1O[C@H]1c1cc(Cl)cc2c1OCOC2. The maximum atomic E-state index is 13.2. The molecule has 0 bridgehead atoms. The van der Waals surface area contributed by atoms with Gasteiger partial charge in [-0.1, -0.05) is 54.1 Å². The summed E-state index contributed by atoms with van der Waals surface area (Å²) < 4.78 is 22.7. The minimum atomic E-state index is -0.597. The number of para-hydroxylation sites is 1. The van der Waals surface area contributed by atoms with Gasteiger partial charge in [-0.2, -0.15) is 0 Å². The van der Waals surface area contributed by atoms with Crippen LogP contribution < -0.4 is 9.47 Å². The van der Waals surface area contributed by atoms with E-state index in [1.54, 1.807) is 18.2 Å². The zero-order valence-corrected chi connectivity index (χ0v) is 16.8. The highest BCUT2D eigenvalue weighted by atomic mass is 35.5. The highest BCUT2D eigenvalue weighted by molar-refractivity contribution is 6.30. The van der Waals surface area contributed by atoms with E-state index in [1.165, 1.54) is 0 Å². The van der Waals surface area contributed by atoms with E-state index in [4.69, 9.17) is 30.5 Å². The van der Waals surface area contributed by atoms with E-state index in [0.29, 0.717) is 35.3 Å². The van der Waals surface area contributed by atoms with Gasteiger partial charge in [-0.15, -0.1) is 0 Å². The van der Waals surface area contributed by atoms with Crippen LogP contribution in [-0.2, 0) is 22.7 Å². The molecule has 2 aliphatic heterocycles. The third-order valence-electron chi connectivity index (χ3n) is 5.15. The second-order valence-corrected chi connectivity index (χ2v) is 7.64. The van der Waals surface area contributed by atoms with Crippen molar-refractivity contribution in [3.63, 3.8) is 0 Å². The molecule has 30 heavy (non-hydrogen) atoms. The van der Waals surface area contributed by atoms with Gasteiger partial charge in [0, 0.05) is 16.1 Å². The first-order valence-corrected chi connectivity index (χ1v) is 10.1. The van der Waals surface area contributed by atoms with Gasteiger partial charge in [-0.3, -0.25) is 4.79 Å². The van der Waals surface area contributed by atoms with E-state index < -0.39 is 12.2 Å². The number of hydrogen-bond acceptors (Lipinski definition) is 5. The lowest BCUT2D eigenvalue weighted by atomic mass is 9.99. The molecular formula is C24H19ClO5. The highest BCUT2D eigenvalue weighted by Gasteiger charge is 2.49. The van der Waals surface area contributed by atoms with E-state index in [0.717, 1.165) is 16.7 Å². The van der Waals surface area contributed by atoms with Gasteiger partial charge >= 0.3 is 0 Å². The monoisotopic (exact) mass is 422 g/mol. The third kappa shape index (κ3) is 3.79. The molecule has 0 unspecified atom stereocenters. The van der Waals surface area contributed by atoms with Gasteiger partial charge in [0.05, 0.1) is 12.2 Å². The summed E-state index contributed by atoms with van der Waals surface area (Å²) in [5, 5.41) is 0.561. The largest absolute Gasteiger partial charge is 0.488 e. The number of carbonyl (C=O) groups is 1. The van der Waals surface area contributed by atoms with E-state index in [-0.39, 0.29) is 12.6 Å². The van der Waals surface area contributed by atoms with Crippen molar-refractivity contribution in [2.45, 2.75) is 25.4 Å². The quantitative estimate of drug-likeness (QED) is 0.408. The molecule has 0 N–H and O–H groups in total.